The van der Waals surface area contributed by atoms with Gasteiger partial charge in [0.2, 0.25) is 0 Å². The van der Waals surface area contributed by atoms with Crippen LogP contribution in [-0.4, -0.2) is 41.5 Å². The van der Waals surface area contributed by atoms with Crippen molar-refractivity contribution in [2.75, 3.05) is 26.7 Å². The first-order chi connectivity index (χ1) is 8.27. The summed E-state index contributed by atoms with van der Waals surface area (Å²) < 4.78 is 0. The first-order valence-electron chi connectivity index (χ1n) is 6.44. The number of hydrogen-bond acceptors (Lipinski definition) is 4. The largest absolute Gasteiger partial charge is 0.316 e. The Bertz CT molecular complexity index is 321. The number of aromatic nitrogens is 2. The fourth-order valence-electron chi connectivity index (χ4n) is 2.40. The van der Waals surface area contributed by atoms with Gasteiger partial charge in [-0.3, -0.25) is 14.9 Å². The molecule has 1 aliphatic rings. The minimum Gasteiger partial charge on any atom is -0.316 e. The number of rotatable bonds is 4. The maximum Gasteiger partial charge on any atom is 0.0755 e. The second kappa shape index (κ2) is 6.07. The summed E-state index contributed by atoms with van der Waals surface area (Å²) in [4.78, 5) is 10.9. The zero-order valence-corrected chi connectivity index (χ0v) is 10.8. The van der Waals surface area contributed by atoms with Gasteiger partial charge in [0.05, 0.1) is 11.7 Å². The van der Waals surface area contributed by atoms with Gasteiger partial charge in [0.15, 0.2) is 0 Å². The summed E-state index contributed by atoms with van der Waals surface area (Å²) in [5, 5.41) is 3.46. The molecule has 0 radical (unpaired) electrons. The zero-order chi connectivity index (χ0) is 12.1. The number of nitrogens with zero attached hydrogens (tertiary/aromatic N) is 3. The average molecular weight is 234 g/mol. The third-order valence-corrected chi connectivity index (χ3v) is 3.62. The molecule has 4 heteroatoms. The SMILES string of the molecule is C[C@H](c1cnccn1)N(C)C[C@@H]1CCCNC1. The van der Waals surface area contributed by atoms with Crippen LogP contribution < -0.4 is 5.32 Å². The summed E-state index contributed by atoms with van der Waals surface area (Å²) in [5.74, 6) is 0.771. The van der Waals surface area contributed by atoms with Crippen molar-refractivity contribution in [2.24, 2.45) is 5.92 Å². The van der Waals surface area contributed by atoms with Crippen molar-refractivity contribution >= 4 is 0 Å². The van der Waals surface area contributed by atoms with E-state index in [4.69, 9.17) is 0 Å². The van der Waals surface area contributed by atoms with Crippen LogP contribution >= 0.6 is 0 Å². The third kappa shape index (κ3) is 3.48. The lowest BCUT2D eigenvalue weighted by Crippen LogP contribution is -2.37. The van der Waals surface area contributed by atoms with E-state index in [1.54, 1.807) is 12.4 Å². The van der Waals surface area contributed by atoms with Gasteiger partial charge in [-0.15, -0.1) is 0 Å². The Balaban J connectivity index is 1.88. The Labute approximate surface area is 103 Å². The maximum absolute atomic E-state index is 4.37. The van der Waals surface area contributed by atoms with Crippen LogP contribution in [0.15, 0.2) is 18.6 Å². The fourth-order valence-corrected chi connectivity index (χ4v) is 2.40. The second-order valence-electron chi connectivity index (χ2n) is 4.96. The van der Waals surface area contributed by atoms with E-state index in [0.717, 1.165) is 24.7 Å². The third-order valence-electron chi connectivity index (χ3n) is 3.62. The van der Waals surface area contributed by atoms with E-state index in [9.17, 15) is 0 Å². The van der Waals surface area contributed by atoms with Gasteiger partial charge in [0.25, 0.3) is 0 Å². The maximum atomic E-state index is 4.37. The van der Waals surface area contributed by atoms with Gasteiger partial charge in [0.1, 0.15) is 0 Å². The van der Waals surface area contributed by atoms with Crippen LogP contribution in [0, 0.1) is 5.92 Å². The quantitative estimate of drug-likeness (QED) is 0.856. The molecule has 1 aromatic heterocycles. The summed E-state index contributed by atoms with van der Waals surface area (Å²) in [6, 6.07) is 0.339. The first-order valence-corrected chi connectivity index (χ1v) is 6.44. The molecule has 2 atom stereocenters. The highest BCUT2D eigenvalue weighted by atomic mass is 15.1. The molecule has 0 amide bonds. The molecule has 0 spiro atoms. The van der Waals surface area contributed by atoms with Crippen molar-refractivity contribution in [1.29, 1.82) is 0 Å². The smallest absolute Gasteiger partial charge is 0.0755 e. The van der Waals surface area contributed by atoms with Gasteiger partial charge in [0, 0.05) is 25.1 Å². The first kappa shape index (κ1) is 12.5. The lowest BCUT2D eigenvalue weighted by atomic mass is 9.98. The van der Waals surface area contributed by atoms with E-state index in [2.05, 4.69) is 34.2 Å². The molecule has 1 N–H and O–H groups in total. The van der Waals surface area contributed by atoms with Gasteiger partial charge in [-0.05, 0) is 45.8 Å². The zero-order valence-electron chi connectivity index (χ0n) is 10.8. The van der Waals surface area contributed by atoms with Crippen molar-refractivity contribution < 1.29 is 0 Å². The highest BCUT2D eigenvalue weighted by molar-refractivity contribution is 5.00. The molecule has 0 unspecified atom stereocenters. The Morgan fingerprint density at radius 3 is 3.06 bits per heavy atom. The van der Waals surface area contributed by atoms with E-state index in [0.29, 0.717) is 6.04 Å². The van der Waals surface area contributed by atoms with Crippen molar-refractivity contribution in [3.63, 3.8) is 0 Å². The van der Waals surface area contributed by atoms with E-state index in [1.165, 1.54) is 19.4 Å². The van der Waals surface area contributed by atoms with Crippen molar-refractivity contribution in [2.45, 2.75) is 25.8 Å². The normalized spacial score (nSPS) is 22.6. The standard InChI is InChI=1S/C13H22N4/c1-11(13-9-15-6-7-16-13)17(2)10-12-4-3-5-14-8-12/h6-7,9,11-12,14H,3-5,8,10H2,1-2H3/t11-,12-/m1/s1. The Kier molecular flexibility index (Phi) is 4.45. The van der Waals surface area contributed by atoms with Gasteiger partial charge in [-0.1, -0.05) is 0 Å². The van der Waals surface area contributed by atoms with Crippen LogP contribution in [0.5, 0.6) is 0 Å². The van der Waals surface area contributed by atoms with Gasteiger partial charge in [-0.2, -0.15) is 0 Å². The lowest BCUT2D eigenvalue weighted by molar-refractivity contribution is 0.196. The van der Waals surface area contributed by atoms with Crippen LogP contribution in [0.2, 0.25) is 0 Å². The highest BCUT2D eigenvalue weighted by Crippen LogP contribution is 2.19. The van der Waals surface area contributed by atoms with Crippen LogP contribution in [0.3, 0.4) is 0 Å². The molecule has 0 aromatic carbocycles. The van der Waals surface area contributed by atoms with Gasteiger partial charge < -0.3 is 5.32 Å². The summed E-state index contributed by atoms with van der Waals surface area (Å²) in [6.45, 7) is 5.66. The molecule has 1 aliphatic heterocycles. The molecule has 0 aliphatic carbocycles. The van der Waals surface area contributed by atoms with Crippen LogP contribution in [0.25, 0.3) is 0 Å². The molecule has 17 heavy (non-hydrogen) atoms. The van der Waals surface area contributed by atoms with Crippen LogP contribution in [0.4, 0.5) is 0 Å². The predicted molar refractivity (Wildman–Crippen MR) is 68.7 cm³/mol. The summed E-state index contributed by atoms with van der Waals surface area (Å²) in [7, 11) is 2.17. The second-order valence-corrected chi connectivity index (χ2v) is 4.96. The Morgan fingerprint density at radius 2 is 2.41 bits per heavy atom. The Hall–Kier alpha value is -1.00. The average Bonchev–Trinajstić information content (AvgIpc) is 2.40. The summed E-state index contributed by atoms with van der Waals surface area (Å²) >= 11 is 0. The topological polar surface area (TPSA) is 41.1 Å². The number of piperidine rings is 1. The minimum absolute atomic E-state index is 0.339. The van der Waals surface area contributed by atoms with Gasteiger partial charge in [-0.25, -0.2) is 0 Å². The van der Waals surface area contributed by atoms with Crippen LogP contribution in [0.1, 0.15) is 31.5 Å². The molecule has 1 aromatic rings. The molecule has 0 bridgehead atoms. The molecule has 4 nitrogen and oxygen atoms in total. The minimum atomic E-state index is 0.339. The molecule has 2 heterocycles. The van der Waals surface area contributed by atoms with Crippen molar-refractivity contribution in [3.8, 4) is 0 Å². The van der Waals surface area contributed by atoms with Crippen LogP contribution in [-0.2, 0) is 0 Å². The van der Waals surface area contributed by atoms with E-state index < -0.39 is 0 Å². The summed E-state index contributed by atoms with van der Waals surface area (Å²) in [5.41, 5.74) is 1.05. The number of hydrogen-bond donors (Lipinski definition) is 1. The number of nitrogens with one attached hydrogen (secondary N) is 1. The van der Waals surface area contributed by atoms with E-state index >= 15 is 0 Å². The van der Waals surface area contributed by atoms with Crippen molar-refractivity contribution in [1.82, 2.24) is 20.2 Å². The molecule has 1 fully saturated rings. The molecule has 0 saturated carbocycles. The van der Waals surface area contributed by atoms with E-state index in [-0.39, 0.29) is 0 Å². The van der Waals surface area contributed by atoms with Gasteiger partial charge >= 0.3 is 0 Å². The highest BCUT2D eigenvalue weighted by Gasteiger charge is 2.19. The molecular formula is C13H22N4. The fraction of sp³-hybridized carbons (Fsp3) is 0.692. The predicted octanol–water partition coefficient (Wildman–Crippen LogP) is 1.47. The molecule has 94 valence electrons. The molecule has 1 saturated heterocycles. The van der Waals surface area contributed by atoms with E-state index in [1.807, 2.05) is 6.20 Å². The monoisotopic (exact) mass is 234 g/mol. The summed E-state index contributed by atoms with van der Waals surface area (Å²) in [6.07, 6.45) is 7.99. The van der Waals surface area contributed by atoms with Crippen molar-refractivity contribution in [3.05, 3.63) is 24.3 Å². The molecular weight excluding hydrogens is 212 g/mol. The molecule has 2 rings (SSSR count). The lowest BCUT2D eigenvalue weighted by Gasteiger charge is -2.30. The Morgan fingerprint density at radius 1 is 1.53 bits per heavy atom.